The minimum absolute atomic E-state index is 0.152. The quantitative estimate of drug-likeness (QED) is 0.844. The van der Waals surface area contributed by atoms with Gasteiger partial charge in [0.1, 0.15) is 5.82 Å². The molecule has 1 atom stereocenters. The van der Waals surface area contributed by atoms with Gasteiger partial charge in [-0.3, -0.25) is 9.79 Å². The van der Waals surface area contributed by atoms with Crippen LogP contribution in [0.5, 0.6) is 11.5 Å². The molecule has 2 aliphatic rings. The van der Waals surface area contributed by atoms with Gasteiger partial charge in [0.05, 0.1) is 31.5 Å². The third-order valence-corrected chi connectivity index (χ3v) is 4.65. The zero-order valence-corrected chi connectivity index (χ0v) is 14.4. The number of carbonyl (C=O) groups is 1. The molecular weight excluding hydrogens is 335 g/mol. The van der Waals surface area contributed by atoms with Crippen molar-refractivity contribution < 1.29 is 18.7 Å². The Bertz CT molecular complexity index is 935. The number of methoxy groups -OCH3 is 2. The molecule has 0 N–H and O–H groups in total. The molecule has 2 aliphatic heterocycles. The molecule has 0 saturated heterocycles. The zero-order valence-electron chi connectivity index (χ0n) is 14.4. The van der Waals surface area contributed by atoms with E-state index in [1.165, 1.54) is 19.2 Å². The molecule has 2 aromatic rings. The molecule has 1 unspecified atom stereocenters. The molecule has 0 radical (unpaired) electrons. The van der Waals surface area contributed by atoms with Crippen LogP contribution in [0.3, 0.4) is 0 Å². The summed E-state index contributed by atoms with van der Waals surface area (Å²) >= 11 is 0. The van der Waals surface area contributed by atoms with E-state index in [0.29, 0.717) is 29.2 Å². The number of ether oxygens (including phenoxy) is 2. The van der Waals surface area contributed by atoms with Crippen LogP contribution in [0.25, 0.3) is 5.57 Å². The van der Waals surface area contributed by atoms with Gasteiger partial charge >= 0.3 is 0 Å². The second kappa shape index (κ2) is 6.29. The lowest BCUT2D eigenvalue weighted by atomic mass is 10.0. The summed E-state index contributed by atoms with van der Waals surface area (Å²) in [5, 5.41) is 0. The highest BCUT2D eigenvalue weighted by Gasteiger charge is 2.33. The minimum atomic E-state index is -0.283. The summed E-state index contributed by atoms with van der Waals surface area (Å²) in [4.78, 5) is 19.2. The summed E-state index contributed by atoms with van der Waals surface area (Å²) < 4.78 is 23.8. The number of benzene rings is 2. The highest BCUT2D eigenvalue weighted by Crippen LogP contribution is 2.39. The lowest BCUT2D eigenvalue weighted by molar-refractivity contribution is 0.0817. The molecule has 0 spiro atoms. The van der Waals surface area contributed by atoms with Crippen LogP contribution in [0.2, 0.25) is 0 Å². The molecule has 0 aromatic heterocycles. The van der Waals surface area contributed by atoms with E-state index in [-0.39, 0.29) is 17.8 Å². The molecular formula is C20H17FN2O3. The smallest absolute Gasteiger partial charge is 0.260 e. The van der Waals surface area contributed by atoms with Crippen molar-refractivity contribution in [3.63, 3.8) is 0 Å². The lowest BCUT2D eigenvalue weighted by Crippen LogP contribution is -2.32. The second-order valence-electron chi connectivity index (χ2n) is 6.15. The largest absolute Gasteiger partial charge is 0.493 e. The van der Waals surface area contributed by atoms with E-state index in [9.17, 15) is 9.18 Å². The molecule has 1 amide bonds. The first kappa shape index (κ1) is 16.3. The van der Waals surface area contributed by atoms with Crippen LogP contribution in [0, 0.1) is 5.82 Å². The minimum Gasteiger partial charge on any atom is -0.493 e. The molecule has 0 aliphatic carbocycles. The maximum absolute atomic E-state index is 13.2. The Morgan fingerprint density at radius 3 is 2.50 bits per heavy atom. The molecule has 2 heterocycles. The Kier molecular flexibility index (Phi) is 3.95. The van der Waals surface area contributed by atoms with E-state index in [2.05, 4.69) is 4.99 Å². The number of fused-ring (bicyclic) bond motifs is 2. The second-order valence-corrected chi connectivity index (χ2v) is 6.15. The van der Waals surface area contributed by atoms with Gasteiger partial charge in [0.2, 0.25) is 0 Å². The monoisotopic (exact) mass is 352 g/mol. The maximum atomic E-state index is 13.2. The molecule has 26 heavy (non-hydrogen) atoms. The summed E-state index contributed by atoms with van der Waals surface area (Å²) in [7, 11) is 3.07. The SMILES string of the molecule is COc1cc2c(cc1OC)C(=O)N1C=C(c3ccc(F)cc3)CC1C=N2. The van der Waals surface area contributed by atoms with Crippen molar-refractivity contribution in [2.75, 3.05) is 14.2 Å². The van der Waals surface area contributed by atoms with Crippen molar-refractivity contribution in [2.24, 2.45) is 4.99 Å². The van der Waals surface area contributed by atoms with E-state index in [1.54, 1.807) is 42.5 Å². The summed E-state index contributed by atoms with van der Waals surface area (Å²) in [6.45, 7) is 0. The fourth-order valence-electron chi connectivity index (χ4n) is 3.28. The molecule has 5 nitrogen and oxygen atoms in total. The molecule has 6 heteroatoms. The number of rotatable bonds is 3. The summed E-state index contributed by atoms with van der Waals surface area (Å²) in [5.74, 6) is 0.575. The predicted octanol–water partition coefficient (Wildman–Crippen LogP) is 3.81. The zero-order chi connectivity index (χ0) is 18.3. The van der Waals surface area contributed by atoms with E-state index < -0.39 is 0 Å². The number of hydrogen-bond acceptors (Lipinski definition) is 4. The molecule has 4 rings (SSSR count). The average Bonchev–Trinajstić information content (AvgIpc) is 3.05. The van der Waals surface area contributed by atoms with E-state index >= 15 is 0 Å². The topological polar surface area (TPSA) is 51.1 Å². The number of halogens is 1. The van der Waals surface area contributed by atoms with Crippen LogP contribution in [0.15, 0.2) is 47.6 Å². The van der Waals surface area contributed by atoms with Crippen molar-refractivity contribution >= 4 is 23.4 Å². The van der Waals surface area contributed by atoms with Crippen LogP contribution < -0.4 is 9.47 Å². The number of amides is 1. The normalized spacial score (nSPS) is 18.1. The molecule has 0 bridgehead atoms. The average molecular weight is 352 g/mol. The third kappa shape index (κ3) is 2.63. The Hall–Kier alpha value is -3.15. The van der Waals surface area contributed by atoms with Crippen LogP contribution in [-0.4, -0.2) is 37.3 Å². The molecule has 2 aromatic carbocycles. The first-order valence-corrected chi connectivity index (χ1v) is 8.20. The fraction of sp³-hybridized carbons (Fsp3) is 0.200. The van der Waals surface area contributed by atoms with Crippen LogP contribution >= 0.6 is 0 Å². The Labute approximate surface area is 150 Å². The Morgan fingerprint density at radius 2 is 1.81 bits per heavy atom. The van der Waals surface area contributed by atoms with Gasteiger partial charge < -0.3 is 14.4 Å². The Morgan fingerprint density at radius 1 is 1.12 bits per heavy atom. The van der Waals surface area contributed by atoms with Gasteiger partial charge in [-0.1, -0.05) is 12.1 Å². The molecule has 0 saturated carbocycles. The highest BCUT2D eigenvalue weighted by molar-refractivity contribution is 6.05. The predicted molar refractivity (Wildman–Crippen MR) is 96.6 cm³/mol. The van der Waals surface area contributed by atoms with Gasteiger partial charge in [0, 0.05) is 24.9 Å². The van der Waals surface area contributed by atoms with Crippen LogP contribution in [-0.2, 0) is 0 Å². The van der Waals surface area contributed by atoms with Crippen molar-refractivity contribution in [3.8, 4) is 11.5 Å². The number of nitrogens with zero attached hydrogens (tertiary/aromatic N) is 2. The van der Waals surface area contributed by atoms with Crippen LogP contribution in [0.1, 0.15) is 22.3 Å². The van der Waals surface area contributed by atoms with E-state index in [1.807, 2.05) is 6.20 Å². The van der Waals surface area contributed by atoms with Gasteiger partial charge in [0.25, 0.3) is 5.91 Å². The first-order chi connectivity index (χ1) is 12.6. The van der Waals surface area contributed by atoms with Crippen molar-refractivity contribution in [2.45, 2.75) is 12.5 Å². The Balaban J connectivity index is 1.73. The summed E-state index contributed by atoms with van der Waals surface area (Å²) in [6, 6.07) is 9.46. The van der Waals surface area contributed by atoms with Gasteiger partial charge in [-0.15, -0.1) is 0 Å². The molecule has 0 fully saturated rings. The highest BCUT2D eigenvalue weighted by atomic mass is 19.1. The van der Waals surface area contributed by atoms with Gasteiger partial charge in [-0.2, -0.15) is 0 Å². The fourth-order valence-corrected chi connectivity index (χ4v) is 3.28. The molecule has 132 valence electrons. The van der Waals surface area contributed by atoms with Gasteiger partial charge in [-0.05, 0) is 29.3 Å². The van der Waals surface area contributed by atoms with Crippen molar-refractivity contribution in [3.05, 3.63) is 59.5 Å². The van der Waals surface area contributed by atoms with Gasteiger partial charge in [-0.25, -0.2) is 4.39 Å². The first-order valence-electron chi connectivity index (χ1n) is 8.20. The number of aliphatic imine (C=N–C) groups is 1. The maximum Gasteiger partial charge on any atom is 0.260 e. The third-order valence-electron chi connectivity index (χ3n) is 4.65. The number of carbonyl (C=O) groups excluding carboxylic acids is 1. The standard InChI is InChI=1S/C20H17FN2O3/c1-25-18-8-16-17(9-19(18)26-2)22-10-15-7-13(11-23(15)20(16)24)12-3-5-14(21)6-4-12/h3-6,8-11,15H,7H2,1-2H3. The summed E-state index contributed by atoms with van der Waals surface area (Å²) in [6.07, 6.45) is 4.21. The van der Waals surface area contributed by atoms with E-state index in [0.717, 1.165) is 11.1 Å². The number of hydrogen-bond donors (Lipinski definition) is 0. The van der Waals surface area contributed by atoms with Crippen molar-refractivity contribution in [1.82, 2.24) is 4.90 Å². The van der Waals surface area contributed by atoms with Gasteiger partial charge in [0.15, 0.2) is 11.5 Å². The lowest BCUT2D eigenvalue weighted by Gasteiger charge is -2.18. The van der Waals surface area contributed by atoms with Crippen LogP contribution in [0.4, 0.5) is 10.1 Å². The summed E-state index contributed by atoms with van der Waals surface area (Å²) in [5.41, 5.74) is 2.88. The van der Waals surface area contributed by atoms with E-state index in [4.69, 9.17) is 9.47 Å². The van der Waals surface area contributed by atoms with Crippen molar-refractivity contribution in [1.29, 1.82) is 0 Å².